The van der Waals surface area contributed by atoms with Crippen LogP contribution in [-0.2, 0) is 12.8 Å². The van der Waals surface area contributed by atoms with Gasteiger partial charge in [-0.05, 0) is 30.0 Å². The molecule has 0 fully saturated rings. The van der Waals surface area contributed by atoms with Crippen molar-refractivity contribution in [1.29, 1.82) is 0 Å². The van der Waals surface area contributed by atoms with Crippen LogP contribution in [0.2, 0.25) is 0 Å². The van der Waals surface area contributed by atoms with Crippen LogP contribution in [0.5, 0.6) is 0 Å². The van der Waals surface area contributed by atoms with E-state index < -0.39 is 6.30 Å². The van der Waals surface area contributed by atoms with Gasteiger partial charge in [-0.2, -0.15) is 13.2 Å². The fraction of sp³-hybridized carbons (Fsp3) is 0.455. The molecular formula is C11H14F3N. The zero-order chi connectivity index (χ0) is 11.5. The Bertz CT molecular complexity index is 331. The van der Waals surface area contributed by atoms with Gasteiger partial charge in [-0.3, -0.25) is 5.32 Å². The lowest BCUT2D eigenvalue weighted by atomic mass is 10.0. The summed E-state index contributed by atoms with van der Waals surface area (Å²) in [4.78, 5) is 0. The van der Waals surface area contributed by atoms with Crippen molar-refractivity contribution >= 4 is 5.69 Å². The zero-order valence-corrected chi connectivity index (χ0v) is 8.78. The lowest BCUT2D eigenvalue weighted by Crippen LogP contribution is -2.21. The maximum Gasteiger partial charge on any atom is 0.482 e. The fourth-order valence-corrected chi connectivity index (χ4v) is 1.65. The second-order valence-corrected chi connectivity index (χ2v) is 3.27. The smallest absolute Gasteiger partial charge is 0.297 e. The third-order valence-electron chi connectivity index (χ3n) is 2.28. The van der Waals surface area contributed by atoms with E-state index in [1.165, 1.54) is 6.07 Å². The fourth-order valence-electron chi connectivity index (χ4n) is 1.65. The quantitative estimate of drug-likeness (QED) is 0.760. The van der Waals surface area contributed by atoms with E-state index >= 15 is 0 Å². The number of rotatable bonds is 3. The van der Waals surface area contributed by atoms with E-state index in [-0.39, 0.29) is 5.69 Å². The molecule has 0 spiro atoms. The van der Waals surface area contributed by atoms with E-state index in [0.29, 0.717) is 6.42 Å². The molecule has 1 nitrogen and oxygen atoms in total. The molecule has 0 aromatic heterocycles. The van der Waals surface area contributed by atoms with Crippen molar-refractivity contribution < 1.29 is 13.2 Å². The highest BCUT2D eigenvalue weighted by molar-refractivity contribution is 5.55. The molecule has 84 valence electrons. The molecule has 0 aliphatic rings. The molecule has 0 bridgehead atoms. The lowest BCUT2D eigenvalue weighted by molar-refractivity contribution is -0.1000. The van der Waals surface area contributed by atoms with E-state index in [1.807, 2.05) is 19.9 Å². The van der Waals surface area contributed by atoms with Gasteiger partial charge in [0.05, 0.1) is 0 Å². The van der Waals surface area contributed by atoms with Gasteiger partial charge in [-0.25, -0.2) is 0 Å². The van der Waals surface area contributed by atoms with Crippen LogP contribution in [0.15, 0.2) is 18.2 Å². The minimum absolute atomic E-state index is 0.171. The standard InChI is InChI=1S/C11H14F3N/c1-3-8-6-5-7-10(9(8)4-2)15-11(12,13)14/h5-7,15H,3-4H2,1-2H3. The summed E-state index contributed by atoms with van der Waals surface area (Å²) in [5, 5.41) is 1.58. The highest BCUT2D eigenvalue weighted by atomic mass is 19.4. The highest BCUT2D eigenvalue weighted by Crippen LogP contribution is 2.26. The van der Waals surface area contributed by atoms with Crippen LogP contribution < -0.4 is 5.32 Å². The predicted octanol–water partition coefficient (Wildman–Crippen LogP) is 3.74. The molecule has 4 heteroatoms. The summed E-state index contributed by atoms with van der Waals surface area (Å²) in [5.74, 6) is 0. The van der Waals surface area contributed by atoms with E-state index in [0.717, 1.165) is 17.5 Å². The molecule has 0 unspecified atom stereocenters. The highest BCUT2D eigenvalue weighted by Gasteiger charge is 2.28. The van der Waals surface area contributed by atoms with Gasteiger partial charge in [0.25, 0.3) is 0 Å². The SMILES string of the molecule is CCc1cccc(NC(F)(F)F)c1CC. The molecule has 1 N–H and O–H groups in total. The van der Waals surface area contributed by atoms with Gasteiger partial charge in [-0.15, -0.1) is 0 Å². The summed E-state index contributed by atoms with van der Waals surface area (Å²) in [6.07, 6.45) is -3.02. The topological polar surface area (TPSA) is 12.0 Å². The maximum atomic E-state index is 12.2. The summed E-state index contributed by atoms with van der Waals surface area (Å²) in [6.45, 7) is 3.79. The summed E-state index contributed by atoms with van der Waals surface area (Å²) < 4.78 is 36.5. The van der Waals surface area contributed by atoms with Crippen LogP contribution in [0.4, 0.5) is 18.9 Å². The third kappa shape index (κ3) is 3.15. The molecule has 0 atom stereocenters. The largest absolute Gasteiger partial charge is 0.482 e. The molecule has 0 saturated carbocycles. The van der Waals surface area contributed by atoms with Crippen molar-refractivity contribution in [3.63, 3.8) is 0 Å². The van der Waals surface area contributed by atoms with Crippen LogP contribution in [0, 0.1) is 0 Å². The predicted molar refractivity (Wildman–Crippen MR) is 54.9 cm³/mol. The summed E-state index contributed by atoms with van der Waals surface area (Å²) in [6, 6.07) is 4.97. The average molecular weight is 217 g/mol. The number of alkyl halides is 3. The number of anilines is 1. The molecule has 1 aromatic carbocycles. The number of benzene rings is 1. The number of hydrogen-bond donors (Lipinski definition) is 1. The van der Waals surface area contributed by atoms with E-state index in [2.05, 4.69) is 0 Å². The van der Waals surface area contributed by atoms with Crippen LogP contribution in [-0.4, -0.2) is 6.30 Å². The Hall–Kier alpha value is -1.19. The Morgan fingerprint density at radius 3 is 2.27 bits per heavy atom. The summed E-state index contributed by atoms with van der Waals surface area (Å²) in [5.41, 5.74) is 1.88. The molecule has 0 aliphatic heterocycles. The molecule has 1 aromatic rings. The van der Waals surface area contributed by atoms with E-state index in [9.17, 15) is 13.2 Å². The molecule has 0 radical (unpaired) electrons. The van der Waals surface area contributed by atoms with Gasteiger partial charge in [-0.1, -0.05) is 26.0 Å². The Morgan fingerprint density at radius 2 is 1.80 bits per heavy atom. The molecule has 0 amide bonds. The monoisotopic (exact) mass is 217 g/mol. The van der Waals surface area contributed by atoms with E-state index in [4.69, 9.17) is 0 Å². The van der Waals surface area contributed by atoms with Crippen LogP contribution in [0.3, 0.4) is 0 Å². The normalized spacial score (nSPS) is 11.5. The van der Waals surface area contributed by atoms with Gasteiger partial charge in [0, 0.05) is 5.69 Å². The molecular weight excluding hydrogens is 203 g/mol. The van der Waals surface area contributed by atoms with Crippen LogP contribution in [0.25, 0.3) is 0 Å². The first-order valence-corrected chi connectivity index (χ1v) is 4.93. The number of nitrogens with one attached hydrogen (secondary N) is 1. The molecule has 1 rings (SSSR count). The third-order valence-corrected chi connectivity index (χ3v) is 2.28. The van der Waals surface area contributed by atoms with Gasteiger partial charge in [0.1, 0.15) is 0 Å². The van der Waals surface area contributed by atoms with E-state index in [1.54, 1.807) is 11.4 Å². The Kier molecular flexibility index (Phi) is 3.61. The molecule has 0 aliphatic carbocycles. The number of hydrogen-bond acceptors (Lipinski definition) is 1. The Balaban J connectivity index is 3.06. The van der Waals surface area contributed by atoms with Gasteiger partial charge in [0.2, 0.25) is 0 Å². The molecule has 0 saturated heterocycles. The first-order valence-electron chi connectivity index (χ1n) is 4.93. The van der Waals surface area contributed by atoms with Crippen molar-refractivity contribution in [2.75, 3.05) is 5.32 Å². The zero-order valence-electron chi connectivity index (χ0n) is 8.78. The maximum absolute atomic E-state index is 12.2. The van der Waals surface area contributed by atoms with Gasteiger partial charge in [0.15, 0.2) is 0 Å². The summed E-state index contributed by atoms with van der Waals surface area (Å²) in [7, 11) is 0. The molecule has 15 heavy (non-hydrogen) atoms. The van der Waals surface area contributed by atoms with Crippen molar-refractivity contribution in [2.24, 2.45) is 0 Å². The summed E-state index contributed by atoms with van der Waals surface area (Å²) >= 11 is 0. The molecule has 0 heterocycles. The van der Waals surface area contributed by atoms with Crippen molar-refractivity contribution in [3.8, 4) is 0 Å². The average Bonchev–Trinajstić information content (AvgIpc) is 2.15. The van der Waals surface area contributed by atoms with Crippen molar-refractivity contribution in [3.05, 3.63) is 29.3 Å². The van der Waals surface area contributed by atoms with Gasteiger partial charge < -0.3 is 0 Å². The minimum atomic E-state index is -4.36. The lowest BCUT2D eigenvalue weighted by Gasteiger charge is -2.16. The first kappa shape index (κ1) is 11.9. The van der Waals surface area contributed by atoms with Crippen LogP contribution >= 0.6 is 0 Å². The first-order chi connectivity index (χ1) is 6.98. The number of halogens is 3. The minimum Gasteiger partial charge on any atom is -0.297 e. The van der Waals surface area contributed by atoms with Crippen molar-refractivity contribution in [1.82, 2.24) is 0 Å². The Labute approximate surface area is 87.3 Å². The van der Waals surface area contributed by atoms with Crippen molar-refractivity contribution in [2.45, 2.75) is 33.0 Å². The number of aryl methyl sites for hydroxylation is 1. The van der Waals surface area contributed by atoms with Crippen LogP contribution in [0.1, 0.15) is 25.0 Å². The Morgan fingerprint density at radius 1 is 1.13 bits per heavy atom. The second kappa shape index (κ2) is 4.55. The second-order valence-electron chi connectivity index (χ2n) is 3.27. The van der Waals surface area contributed by atoms with Gasteiger partial charge >= 0.3 is 6.30 Å².